The molecule has 0 unspecified atom stereocenters. The number of amides is 1. The van der Waals surface area contributed by atoms with Crippen molar-refractivity contribution in [3.05, 3.63) is 127 Å². The van der Waals surface area contributed by atoms with Gasteiger partial charge in [0, 0.05) is 38.9 Å². The number of anilines is 1. The average Bonchev–Trinajstić information content (AvgIpc) is 3.01. The average molecular weight is 537 g/mol. The standard InChI is InChI=1S/C32H32N4O4/c1-33-28(21-24-9-5-3-6-10-24)32(39)36(29(31(33)38)22-25-11-7-4-8-12-25)23-30(37)35-19-17-34(18-20-35)26-13-15-27(40-2)16-14-26/h3-16,21-22H,17-20,23H2,1-2H3/b28-21-,29-22-. The summed E-state index contributed by atoms with van der Waals surface area (Å²) in [4.78, 5) is 44.9. The van der Waals surface area contributed by atoms with Crippen LogP contribution in [0, 0.1) is 0 Å². The normalized spacial score (nSPS) is 14.4. The third kappa shape index (κ3) is 5.76. The van der Waals surface area contributed by atoms with Crippen molar-refractivity contribution in [2.75, 3.05) is 38.2 Å². The van der Waals surface area contributed by atoms with Crippen molar-refractivity contribution >= 4 is 23.7 Å². The Bertz CT molecular complexity index is 1720. The fourth-order valence-electron chi connectivity index (χ4n) is 4.90. The van der Waals surface area contributed by atoms with Crippen LogP contribution in [0.15, 0.2) is 94.5 Å². The van der Waals surface area contributed by atoms with Crippen LogP contribution in [0.1, 0.15) is 11.1 Å². The van der Waals surface area contributed by atoms with E-state index in [0.29, 0.717) is 26.2 Å². The first-order valence-corrected chi connectivity index (χ1v) is 13.2. The van der Waals surface area contributed by atoms with Gasteiger partial charge in [0.2, 0.25) is 5.91 Å². The first kappa shape index (κ1) is 26.7. The van der Waals surface area contributed by atoms with Gasteiger partial charge in [-0.05, 0) is 47.5 Å². The summed E-state index contributed by atoms with van der Waals surface area (Å²) in [5.41, 5.74) is 1.90. The zero-order valence-electron chi connectivity index (χ0n) is 22.7. The van der Waals surface area contributed by atoms with Crippen molar-refractivity contribution in [3.63, 3.8) is 0 Å². The Hall–Kier alpha value is -4.85. The van der Waals surface area contributed by atoms with E-state index >= 15 is 0 Å². The number of benzene rings is 3. The Balaban J connectivity index is 1.48. The summed E-state index contributed by atoms with van der Waals surface area (Å²) < 4.78 is 7.93. The zero-order chi connectivity index (χ0) is 28.1. The predicted molar refractivity (Wildman–Crippen MR) is 157 cm³/mol. The van der Waals surface area contributed by atoms with Crippen LogP contribution >= 0.6 is 0 Å². The van der Waals surface area contributed by atoms with E-state index in [9.17, 15) is 14.4 Å². The lowest BCUT2D eigenvalue weighted by molar-refractivity contribution is -0.132. The van der Waals surface area contributed by atoms with Gasteiger partial charge in [0.05, 0.1) is 7.11 Å². The third-order valence-electron chi connectivity index (χ3n) is 7.21. The predicted octanol–water partition coefficient (Wildman–Crippen LogP) is 1.56. The van der Waals surface area contributed by atoms with Crippen molar-refractivity contribution in [2.45, 2.75) is 6.54 Å². The van der Waals surface area contributed by atoms with Crippen molar-refractivity contribution in [2.24, 2.45) is 7.05 Å². The smallest absolute Gasteiger partial charge is 0.275 e. The van der Waals surface area contributed by atoms with E-state index in [1.165, 1.54) is 9.13 Å². The Morgan fingerprint density at radius 2 is 1.30 bits per heavy atom. The molecule has 3 aromatic carbocycles. The molecule has 0 aliphatic carbocycles. The van der Waals surface area contributed by atoms with Gasteiger partial charge >= 0.3 is 0 Å². The first-order chi connectivity index (χ1) is 19.4. The molecule has 1 saturated heterocycles. The van der Waals surface area contributed by atoms with Gasteiger partial charge in [0.1, 0.15) is 23.0 Å². The van der Waals surface area contributed by atoms with Crippen LogP contribution in [0.25, 0.3) is 12.2 Å². The molecular weight excluding hydrogens is 504 g/mol. The number of methoxy groups -OCH3 is 1. The number of carbonyl (C=O) groups is 1. The monoisotopic (exact) mass is 536 g/mol. The maximum Gasteiger partial charge on any atom is 0.275 e. The second kappa shape index (κ2) is 11.9. The van der Waals surface area contributed by atoms with Gasteiger partial charge in [0.15, 0.2) is 0 Å². The van der Waals surface area contributed by atoms with Gasteiger partial charge in [-0.25, -0.2) is 0 Å². The van der Waals surface area contributed by atoms with Crippen molar-refractivity contribution < 1.29 is 9.53 Å². The fraction of sp³-hybridized carbons (Fsp3) is 0.219. The highest BCUT2D eigenvalue weighted by atomic mass is 16.5. The van der Waals surface area contributed by atoms with Crippen molar-refractivity contribution in [1.82, 2.24) is 14.0 Å². The molecule has 0 saturated carbocycles. The summed E-state index contributed by atoms with van der Waals surface area (Å²) in [7, 11) is 3.23. The summed E-state index contributed by atoms with van der Waals surface area (Å²) >= 11 is 0. The minimum Gasteiger partial charge on any atom is -0.497 e. The van der Waals surface area contributed by atoms with Crippen LogP contribution in [0.2, 0.25) is 0 Å². The number of nitrogens with zero attached hydrogens (tertiary/aromatic N) is 4. The molecule has 204 valence electrons. The summed E-state index contributed by atoms with van der Waals surface area (Å²) in [5.74, 6) is 0.599. The van der Waals surface area contributed by atoms with Gasteiger partial charge in [0.25, 0.3) is 11.1 Å². The van der Waals surface area contributed by atoms with Gasteiger partial charge in [-0.1, -0.05) is 60.7 Å². The van der Waals surface area contributed by atoms with Crippen LogP contribution in [0.3, 0.4) is 0 Å². The number of piperazine rings is 1. The summed E-state index contributed by atoms with van der Waals surface area (Å²) in [6.07, 6.45) is 3.36. The van der Waals surface area contributed by atoms with Gasteiger partial charge in [-0.2, -0.15) is 0 Å². The molecule has 2 heterocycles. The van der Waals surface area contributed by atoms with Crippen molar-refractivity contribution in [3.8, 4) is 5.75 Å². The van der Waals surface area contributed by atoms with Crippen LogP contribution in [0.5, 0.6) is 5.75 Å². The highest BCUT2D eigenvalue weighted by molar-refractivity contribution is 5.76. The second-order valence-electron chi connectivity index (χ2n) is 9.70. The van der Waals surface area contributed by atoms with E-state index in [-0.39, 0.29) is 28.7 Å². The Kier molecular flexibility index (Phi) is 7.96. The van der Waals surface area contributed by atoms with Crippen LogP contribution in [-0.4, -0.2) is 53.2 Å². The molecule has 0 spiro atoms. The Labute approximate surface area is 232 Å². The summed E-state index contributed by atoms with van der Waals surface area (Å²) in [5, 5.41) is 0.396. The highest BCUT2D eigenvalue weighted by Gasteiger charge is 2.23. The largest absolute Gasteiger partial charge is 0.497 e. The Morgan fingerprint density at radius 3 is 1.85 bits per heavy atom. The van der Waals surface area contributed by atoms with Gasteiger partial charge < -0.3 is 19.1 Å². The lowest BCUT2D eigenvalue weighted by atomic mass is 10.2. The van der Waals surface area contributed by atoms with E-state index in [1.54, 1.807) is 31.2 Å². The molecular formula is C32H32N4O4. The number of hydrogen-bond acceptors (Lipinski definition) is 5. The fourth-order valence-corrected chi connectivity index (χ4v) is 4.90. The molecule has 1 aliphatic heterocycles. The molecule has 0 N–H and O–H groups in total. The molecule has 8 nitrogen and oxygen atoms in total. The first-order valence-electron chi connectivity index (χ1n) is 13.2. The van der Waals surface area contributed by atoms with Gasteiger partial charge in [-0.3, -0.25) is 19.0 Å². The number of aromatic nitrogens is 2. The molecule has 1 aromatic heterocycles. The third-order valence-corrected chi connectivity index (χ3v) is 7.21. The molecule has 1 amide bonds. The molecule has 1 aliphatic rings. The number of carbonyl (C=O) groups excluding carboxylic acids is 1. The van der Waals surface area contributed by atoms with E-state index in [4.69, 9.17) is 4.74 Å². The maximum atomic E-state index is 13.8. The topological polar surface area (TPSA) is 76.8 Å². The minimum atomic E-state index is -0.390. The van der Waals surface area contributed by atoms with Crippen LogP contribution in [-0.2, 0) is 18.4 Å². The lowest BCUT2D eigenvalue weighted by Gasteiger charge is -2.36. The van der Waals surface area contributed by atoms with Crippen LogP contribution < -0.4 is 31.5 Å². The van der Waals surface area contributed by atoms with E-state index in [2.05, 4.69) is 4.90 Å². The zero-order valence-corrected chi connectivity index (χ0v) is 22.7. The quantitative estimate of drug-likeness (QED) is 0.374. The second-order valence-corrected chi connectivity index (χ2v) is 9.70. The molecule has 40 heavy (non-hydrogen) atoms. The number of rotatable bonds is 6. The molecule has 1 fully saturated rings. The van der Waals surface area contributed by atoms with Gasteiger partial charge in [-0.15, -0.1) is 0 Å². The summed E-state index contributed by atoms with van der Waals surface area (Å²) in [6.45, 7) is 2.15. The number of hydrogen-bond donors (Lipinski definition) is 0. The molecule has 0 bridgehead atoms. The maximum absolute atomic E-state index is 13.8. The van der Waals surface area contributed by atoms with E-state index in [1.807, 2.05) is 84.9 Å². The van der Waals surface area contributed by atoms with E-state index < -0.39 is 5.56 Å². The molecule has 4 aromatic rings. The lowest BCUT2D eigenvalue weighted by Crippen LogP contribution is -2.59. The van der Waals surface area contributed by atoms with Crippen molar-refractivity contribution in [1.29, 1.82) is 0 Å². The SMILES string of the molecule is COc1ccc(N2CCN(C(=O)Cn3c(=O)/c(=C/c4ccccc4)n(C)c(=O)/c3=C/c3ccccc3)CC2)cc1. The highest BCUT2D eigenvalue weighted by Crippen LogP contribution is 2.20. The molecule has 5 rings (SSSR count). The summed E-state index contributed by atoms with van der Waals surface area (Å²) in [6, 6.07) is 26.5. The minimum absolute atomic E-state index is 0.175. The van der Waals surface area contributed by atoms with E-state index in [0.717, 1.165) is 22.6 Å². The van der Waals surface area contributed by atoms with Crippen LogP contribution in [0.4, 0.5) is 5.69 Å². The molecule has 0 atom stereocenters. The molecule has 8 heteroatoms. The number of ether oxygens (including phenoxy) is 1. The molecule has 0 radical (unpaired) electrons. The Morgan fingerprint density at radius 1 is 0.750 bits per heavy atom.